The lowest BCUT2D eigenvalue weighted by atomic mass is 10.3. The molecule has 1 aliphatic rings. The van der Waals surface area contributed by atoms with Gasteiger partial charge in [0, 0.05) is 27.2 Å². The Hall–Kier alpha value is -1.76. The molecule has 7 nitrogen and oxygen atoms in total. The van der Waals surface area contributed by atoms with Crippen molar-refractivity contribution in [1.82, 2.24) is 9.13 Å². The van der Waals surface area contributed by atoms with Crippen LogP contribution in [-0.2, 0) is 18.8 Å². The van der Waals surface area contributed by atoms with Crippen molar-refractivity contribution < 1.29 is 4.74 Å². The third-order valence-corrected chi connectivity index (χ3v) is 2.98. The molecule has 0 unspecified atom stereocenters. The van der Waals surface area contributed by atoms with Gasteiger partial charge in [0.25, 0.3) is 5.56 Å². The van der Waals surface area contributed by atoms with Crippen LogP contribution in [0.25, 0.3) is 0 Å². The molecule has 2 N–H and O–H groups in total. The van der Waals surface area contributed by atoms with Crippen LogP contribution in [0.5, 0.6) is 0 Å². The fourth-order valence-electron chi connectivity index (χ4n) is 2.02. The van der Waals surface area contributed by atoms with Crippen molar-refractivity contribution in [3.05, 3.63) is 20.8 Å². The number of anilines is 2. The van der Waals surface area contributed by atoms with Gasteiger partial charge in [-0.3, -0.25) is 13.9 Å². The van der Waals surface area contributed by atoms with E-state index >= 15 is 0 Å². The normalized spacial score (nSPS) is 16.2. The van der Waals surface area contributed by atoms with Gasteiger partial charge in [-0.25, -0.2) is 4.79 Å². The van der Waals surface area contributed by atoms with Crippen LogP contribution in [0.1, 0.15) is 0 Å². The van der Waals surface area contributed by atoms with Crippen LogP contribution in [0.4, 0.5) is 11.5 Å². The first-order valence-electron chi connectivity index (χ1n) is 5.42. The molecule has 1 fully saturated rings. The number of rotatable bonds is 1. The summed E-state index contributed by atoms with van der Waals surface area (Å²) in [5, 5.41) is 0. The summed E-state index contributed by atoms with van der Waals surface area (Å²) in [6.07, 6.45) is 0. The molecule has 1 aromatic rings. The first kappa shape index (κ1) is 11.7. The summed E-state index contributed by atoms with van der Waals surface area (Å²) in [6, 6.07) is 0. The van der Waals surface area contributed by atoms with Crippen LogP contribution < -0.4 is 21.9 Å². The van der Waals surface area contributed by atoms with Gasteiger partial charge in [-0.15, -0.1) is 0 Å². The molecule has 0 aliphatic carbocycles. The van der Waals surface area contributed by atoms with Gasteiger partial charge in [0.1, 0.15) is 11.5 Å². The second kappa shape index (κ2) is 4.25. The molecule has 1 saturated heterocycles. The largest absolute Gasteiger partial charge is 0.391 e. The predicted molar refractivity (Wildman–Crippen MR) is 64.4 cm³/mol. The molecule has 17 heavy (non-hydrogen) atoms. The lowest BCUT2D eigenvalue weighted by molar-refractivity contribution is 0.122. The van der Waals surface area contributed by atoms with Crippen molar-refractivity contribution in [1.29, 1.82) is 0 Å². The van der Waals surface area contributed by atoms with E-state index in [0.29, 0.717) is 32.1 Å². The van der Waals surface area contributed by atoms with Gasteiger partial charge in [-0.05, 0) is 0 Å². The Bertz CT molecular complexity index is 502. The van der Waals surface area contributed by atoms with Crippen molar-refractivity contribution in [2.45, 2.75) is 0 Å². The summed E-state index contributed by atoms with van der Waals surface area (Å²) in [5.41, 5.74) is 5.10. The highest BCUT2D eigenvalue weighted by Gasteiger charge is 2.20. The smallest absolute Gasteiger partial charge is 0.332 e. The molecule has 0 amide bonds. The zero-order chi connectivity index (χ0) is 12.6. The Morgan fingerprint density at radius 1 is 1.12 bits per heavy atom. The average molecular weight is 240 g/mol. The van der Waals surface area contributed by atoms with E-state index in [1.807, 2.05) is 4.90 Å². The first-order valence-corrected chi connectivity index (χ1v) is 5.42. The minimum Gasteiger partial charge on any atom is -0.391 e. The van der Waals surface area contributed by atoms with Gasteiger partial charge in [0.2, 0.25) is 0 Å². The Kier molecular flexibility index (Phi) is 2.93. The average Bonchev–Trinajstić information content (AvgIpc) is 2.36. The van der Waals surface area contributed by atoms with Gasteiger partial charge < -0.3 is 15.4 Å². The van der Waals surface area contributed by atoms with E-state index in [2.05, 4.69) is 0 Å². The van der Waals surface area contributed by atoms with E-state index < -0.39 is 5.56 Å². The van der Waals surface area contributed by atoms with Crippen molar-refractivity contribution in [3.8, 4) is 0 Å². The predicted octanol–water partition coefficient (Wildman–Crippen LogP) is -1.50. The summed E-state index contributed by atoms with van der Waals surface area (Å²) in [5.74, 6) is 0.487. The van der Waals surface area contributed by atoms with Crippen molar-refractivity contribution in [2.75, 3.05) is 36.9 Å². The van der Waals surface area contributed by atoms with Crippen molar-refractivity contribution in [3.63, 3.8) is 0 Å². The van der Waals surface area contributed by atoms with Crippen LogP contribution in [0.2, 0.25) is 0 Å². The number of morpholine rings is 1. The van der Waals surface area contributed by atoms with E-state index in [9.17, 15) is 9.59 Å². The summed E-state index contributed by atoms with van der Waals surface area (Å²) in [4.78, 5) is 25.5. The topological polar surface area (TPSA) is 82.5 Å². The minimum absolute atomic E-state index is 0.108. The maximum Gasteiger partial charge on any atom is 0.332 e. The standard InChI is InChI=1S/C10H16N4O3/c1-12-8(14-3-5-17-6-4-14)7(11)9(15)13(2)10(12)16/h3-6,11H2,1-2H3. The zero-order valence-corrected chi connectivity index (χ0v) is 9.97. The lowest BCUT2D eigenvalue weighted by Gasteiger charge is -2.30. The van der Waals surface area contributed by atoms with Crippen LogP contribution in [-0.4, -0.2) is 35.4 Å². The second-order valence-corrected chi connectivity index (χ2v) is 4.04. The SMILES string of the molecule is Cn1c(N2CCOCC2)c(N)c(=O)n(C)c1=O. The Balaban J connectivity index is 2.61. The molecule has 7 heteroatoms. The second-order valence-electron chi connectivity index (χ2n) is 4.04. The highest BCUT2D eigenvalue weighted by molar-refractivity contribution is 5.62. The van der Waals surface area contributed by atoms with E-state index in [1.165, 1.54) is 11.6 Å². The fraction of sp³-hybridized carbons (Fsp3) is 0.600. The summed E-state index contributed by atoms with van der Waals surface area (Å²) < 4.78 is 7.65. The molecule has 0 saturated carbocycles. The molecule has 2 heterocycles. The molecule has 0 aromatic carbocycles. The number of nitrogens with zero attached hydrogens (tertiary/aromatic N) is 3. The summed E-state index contributed by atoms with van der Waals surface area (Å²) in [7, 11) is 3.03. The van der Waals surface area contributed by atoms with Gasteiger partial charge in [0.05, 0.1) is 13.2 Å². The molecule has 0 bridgehead atoms. The van der Waals surface area contributed by atoms with Crippen LogP contribution in [0, 0.1) is 0 Å². The monoisotopic (exact) mass is 240 g/mol. The maximum absolute atomic E-state index is 11.8. The third-order valence-electron chi connectivity index (χ3n) is 2.98. The highest BCUT2D eigenvalue weighted by Crippen LogP contribution is 2.17. The molecule has 94 valence electrons. The molecule has 2 rings (SSSR count). The van der Waals surface area contributed by atoms with Gasteiger partial charge >= 0.3 is 5.69 Å². The van der Waals surface area contributed by atoms with Crippen molar-refractivity contribution >= 4 is 11.5 Å². The van der Waals surface area contributed by atoms with Gasteiger partial charge in [0.15, 0.2) is 0 Å². The van der Waals surface area contributed by atoms with E-state index in [0.717, 1.165) is 4.57 Å². The molecular formula is C10H16N4O3. The molecule has 1 aliphatic heterocycles. The number of hydrogen-bond donors (Lipinski definition) is 1. The number of nitrogen functional groups attached to an aromatic ring is 1. The quantitative estimate of drug-likeness (QED) is 0.646. The fourth-order valence-corrected chi connectivity index (χ4v) is 2.02. The number of ether oxygens (including phenoxy) is 1. The number of hydrogen-bond acceptors (Lipinski definition) is 5. The summed E-state index contributed by atoms with van der Waals surface area (Å²) in [6.45, 7) is 2.40. The summed E-state index contributed by atoms with van der Waals surface area (Å²) >= 11 is 0. The molecule has 0 spiro atoms. The van der Waals surface area contributed by atoms with E-state index in [4.69, 9.17) is 10.5 Å². The van der Waals surface area contributed by atoms with Crippen LogP contribution in [0.3, 0.4) is 0 Å². The Morgan fingerprint density at radius 2 is 1.71 bits per heavy atom. The van der Waals surface area contributed by atoms with E-state index in [1.54, 1.807) is 7.05 Å². The number of nitrogens with two attached hydrogens (primary N) is 1. The maximum atomic E-state index is 11.8. The molecular weight excluding hydrogens is 224 g/mol. The highest BCUT2D eigenvalue weighted by atomic mass is 16.5. The molecule has 1 aromatic heterocycles. The Morgan fingerprint density at radius 3 is 2.29 bits per heavy atom. The van der Waals surface area contributed by atoms with Gasteiger partial charge in [-0.2, -0.15) is 0 Å². The van der Waals surface area contributed by atoms with Crippen LogP contribution in [0.15, 0.2) is 9.59 Å². The minimum atomic E-state index is -0.449. The van der Waals surface area contributed by atoms with Crippen LogP contribution >= 0.6 is 0 Å². The van der Waals surface area contributed by atoms with Gasteiger partial charge in [-0.1, -0.05) is 0 Å². The van der Waals surface area contributed by atoms with Crippen molar-refractivity contribution in [2.24, 2.45) is 14.1 Å². The Labute approximate surface area is 98.0 Å². The third kappa shape index (κ3) is 1.82. The molecule has 0 atom stereocenters. The molecule has 0 radical (unpaired) electrons. The lowest BCUT2D eigenvalue weighted by Crippen LogP contribution is -2.45. The number of aromatic nitrogens is 2. The van der Waals surface area contributed by atoms with E-state index in [-0.39, 0.29) is 11.4 Å². The first-order chi connectivity index (χ1) is 8.04. The zero-order valence-electron chi connectivity index (χ0n) is 9.97.